The Balaban J connectivity index is 0.000000146. The lowest BCUT2D eigenvalue weighted by Crippen LogP contribution is -2.24. The number of aryl methyl sites for hydroxylation is 6. The first-order valence-electron chi connectivity index (χ1n) is 21.0. The number of fused-ring (bicyclic) bond motifs is 3. The SMILES string of the molecule is CCC(O)(CC)c1cc(-c2c(C)noc2C)cc2[nH]c(=O)[nH]c12.CCC(O)c1cc(-c2c(C)noc2C)cc2[nH]c(=O)[nH]c12.COC(=O)c1cc(-c2c(C)noc2C)cc2[nH]c(=O)[nH]c12. The number of rotatable bonds is 9. The van der Waals surface area contributed by atoms with Gasteiger partial charge in [0, 0.05) is 27.8 Å². The average Bonchev–Trinajstić information content (AvgIpc) is 4.14. The average molecular weight is 890 g/mol. The first-order chi connectivity index (χ1) is 30.9. The third kappa shape index (κ3) is 8.62. The van der Waals surface area contributed by atoms with Crippen molar-refractivity contribution in [2.45, 2.75) is 93.3 Å². The van der Waals surface area contributed by atoms with Gasteiger partial charge in [-0.1, -0.05) is 36.2 Å². The predicted molar refractivity (Wildman–Crippen MR) is 243 cm³/mol. The quantitative estimate of drug-likeness (QED) is 0.0648. The summed E-state index contributed by atoms with van der Waals surface area (Å²) in [6.07, 6.45) is 1.03. The Labute approximate surface area is 369 Å². The molecule has 0 radical (unpaired) electrons. The lowest BCUT2D eigenvalue weighted by molar-refractivity contribution is 0.0297. The van der Waals surface area contributed by atoms with Crippen LogP contribution in [0, 0.1) is 41.5 Å². The number of imidazole rings is 3. The second kappa shape index (κ2) is 17.9. The van der Waals surface area contributed by atoms with Gasteiger partial charge in [0.25, 0.3) is 0 Å². The molecule has 0 fully saturated rings. The van der Waals surface area contributed by atoms with Crippen molar-refractivity contribution in [2.24, 2.45) is 0 Å². The smallest absolute Gasteiger partial charge is 0.340 e. The molecule has 1 unspecified atom stereocenters. The van der Waals surface area contributed by atoms with Crippen LogP contribution in [0.5, 0.6) is 0 Å². The van der Waals surface area contributed by atoms with E-state index in [0.717, 1.165) is 44.8 Å². The first-order valence-corrected chi connectivity index (χ1v) is 21.0. The van der Waals surface area contributed by atoms with Crippen LogP contribution in [0.2, 0.25) is 0 Å². The summed E-state index contributed by atoms with van der Waals surface area (Å²) < 4.78 is 20.4. The summed E-state index contributed by atoms with van der Waals surface area (Å²) in [4.78, 5) is 63.0. The summed E-state index contributed by atoms with van der Waals surface area (Å²) in [5.74, 6) is 1.54. The van der Waals surface area contributed by atoms with Crippen LogP contribution in [0.4, 0.5) is 0 Å². The number of carbonyl (C=O) groups excluding carboxylic acids is 1. The summed E-state index contributed by atoms with van der Waals surface area (Å²) in [7, 11) is 1.29. The van der Waals surface area contributed by atoms with Crippen molar-refractivity contribution in [1.29, 1.82) is 0 Å². The van der Waals surface area contributed by atoms with Gasteiger partial charge in [0.05, 0.1) is 74.6 Å². The summed E-state index contributed by atoms with van der Waals surface area (Å²) >= 11 is 0. The van der Waals surface area contributed by atoms with Crippen molar-refractivity contribution < 1.29 is 33.3 Å². The van der Waals surface area contributed by atoms with E-state index in [1.165, 1.54) is 7.11 Å². The molecule has 9 aromatic rings. The molecule has 1 atom stereocenters. The van der Waals surface area contributed by atoms with Gasteiger partial charge in [-0.2, -0.15) is 0 Å². The number of aliphatic hydroxyl groups excluding tert-OH is 1. The number of aromatic amines is 6. The molecule has 9 rings (SSSR count). The van der Waals surface area contributed by atoms with E-state index >= 15 is 0 Å². The molecule has 19 heteroatoms. The molecule has 65 heavy (non-hydrogen) atoms. The van der Waals surface area contributed by atoms with Crippen LogP contribution in [-0.2, 0) is 10.3 Å². The van der Waals surface area contributed by atoms with Crippen LogP contribution in [0.3, 0.4) is 0 Å². The van der Waals surface area contributed by atoms with Gasteiger partial charge < -0.3 is 58.4 Å². The minimum atomic E-state index is -1.00. The van der Waals surface area contributed by atoms with Crippen molar-refractivity contribution in [1.82, 2.24) is 45.4 Å². The summed E-state index contributed by atoms with van der Waals surface area (Å²) in [6, 6.07) is 11.0. The van der Waals surface area contributed by atoms with Crippen molar-refractivity contribution >= 4 is 39.1 Å². The maximum absolute atomic E-state index is 11.9. The second-order valence-corrected chi connectivity index (χ2v) is 15.9. The topological polar surface area (TPSA) is 291 Å². The Bertz CT molecular complexity index is 3320. The van der Waals surface area contributed by atoms with Gasteiger partial charge in [0.15, 0.2) is 0 Å². The molecule has 0 saturated carbocycles. The molecular formula is C46H51N9O10. The third-order valence-electron chi connectivity index (χ3n) is 11.7. The van der Waals surface area contributed by atoms with E-state index in [2.05, 4.69) is 45.4 Å². The van der Waals surface area contributed by atoms with E-state index in [4.69, 9.17) is 18.3 Å². The first kappa shape index (κ1) is 45.5. The normalized spacial score (nSPS) is 12.1. The van der Waals surface area contributed by atoms with Crippen LogP contribution in [0.25, 0.3) is 66.5 Å². The standard InChI is InChI=1S/C17H21N3O3.C15H17N3O3.C14H13N3O4/c1-5-17(22,6-2)12-7-11(14-9(3)20-23-10(14)4)8-13-15(12)19-16(21)18-13;1-4-12(19)10-5-9(13-7(2)18-21-8(13)3)6-11-14(10)17-15(20)16-11;1-6-11(7(2)21-17-6)8-4-9(13(18)20-3)12-10(5-8)15-14(19)16-12/h7-8,22H,5-6H2,1-4H3,(H2,18,19,21);5-6,12,19H,4H2,1-3H3,(H2,16,17,20);4-5H,1-3H3,(H2,15,16,19). The minimum absolute atomic E-state index is 0.281. The van der Waals surface area contributed by atoms with Crippen molar-refractivity contribution in [2.75, 3.05) is 7.11 Å². The van der Waals surface area contributed by atoms with Gasteiger partial charge in [0.2, 0.25) is 0 Å². The van der Waals surface area contributed by atoms with E-state index in [1.54, 1.807) is 19.1 Å². The molecule has 3 aromatic carbocycles. The Kier molecular flexibility index (Phi) is 12.6. The van der Waals surface area contributed by atoms with Crippen molar-refractivity contribution in [3.63, 3.8) is 0 Å². The van der Waals surface area contributed by atoms with Gasteiger partial charge in [0.1, 0.15) is 17.3 Å². The third-order valence-corrected chi connectivity index (χ3v) is 11.7. The number of aliphatic hydroxyl groups is 2. The fraction of sp³-hybridized carbons (Fsp3) is 0.326. The maximum atomic E-state index is 11.9. The highest BCUT2D eigenvalue weighted by Gasteiger charge is 2.30. The number of carbonyl (C=O) groups is 1. The molecule has 340 valence electrons. The van der Waals surface area contributed by atoms with Gasteiger partial charge in [-0.3, -0.25) is 0 Å². The number of nitrogens with zero attached hydrogens (tertiary/aromatic N) is 3. The van der Waals surface area contributed by atoms with E-state index in [9.17, 15) is 29.4 Å². The zero-order chi connectivity index (χ0) is 47.1. The number of H-pyrrole nitrogens is 6. The number of aromatic nitrogens is 9. The number of hydrogen-bond donors (Lipinski definition) is 8. The van der Waals surface area contributed by atoms with Crippen LogP contribution >= 0.6 is 0 Å². The fourth-order valence-electron chi connectivity index (χ4n) is 8.32. The van der Waals surface area contributed by atoms with E-state index < -0.39 is 17.7 Å². The molecule has 6 aromatic heterocycles. The van der Waals surface area contributed by atoms with Crippen LogP contribution in [0.1, 0.15) is 102 Å². The monoisotopic (exact) mass is 889 g/mol. The summed E-state index contributed by atoms with van der Waals surface area (Å²) in [5, 5.41) is 33.1. The van der Waals surface area contributed by atoms with Crippen LogP contribution in [0.15, 0.2) is 64.4 Å². The molecule has 0 saturated heterocycles. The predicted octanol–water partition coefficient (Wildman–Crippen LogP) is 7.62. The lowest BCUT2D eigenvalue weighted by Gasteiger charge is -2.27. The number of nitrogens with one attached hydrogen (secondary N) is 6. The number of methoxy groups -OCH3 is 1. The highest BCUT2D eigenvalue weighted by molar-refractivity contribution is 6.04. The minimum Gasteiger partial charge on any atom is -0.465 e. The summed E-state index contributed by atoms with van der Waals surface area (Å²) in [5.41, 5.74) is 10.6. The zero-order valence-corrected chi connectivity index (χ0v) is 37.7. The van der Waals surface area contributed by atoms with Gasteiger partial charge in [-0.05, 0) is 114 Å². The number of ether oxygens (including phenoxy) is 1. The van der Waals surface area contributed by atoms with Gasteiger partial charge in [-0.15, -0.1) is 0 Å². The Morgan fingerprint density at radius 1 is 0.615 bits per heavy atom. The molecule has 0 aliphatic rings. The number of benzene rings is 3. The molecule has 0 spiro atoms. The molecule has 0 amide bonds. The Morgan fingerprint density at radius 3 is 1.43 bits per heavy atom. The van der Waals surface area contributed by atoms with Gasteiger partial charge >= 0.3 is 23.0 Å². The lowest BCUT2D eigenvalue weighted by atomic mass is 9.85. The molecule has 0 bridgehead atoms. The second-order valence-electron chi connectivity index (χ2n) is 15.9. The molecule has 0 aliphatic carbocycles. The fourth-order valence-corrected chi connectivity index (χ4v) is 8.32. The number of hydrogen-bond acceptors (Lipinski definition) is 13. The zero-order valence-electron chi connectivity index (χ0n) is 37.7. The van der Waals surface area contributed by atoms with E-state index in [-0.39, 0.29) is 22.6 Å². The number of esters is 1. The van der Waals surface area contributed by atoms with Crippen LogP contribution in [-0.4, -0.2) is 68.7 Å². The molecule has 6 heterocycles. The Morgan fingerprint density at radius 2 is 1.02 bits per heavy atom. The van der Waals surface area contributed by atoms with E-state index in [0.29, 0.717) is 86.5 Å². The molecule has 8 N–H and O–H groups in total. The molecule has 0 aliphatic heterocycles. The van der Waals surface area contributed by atoms with Gasteiger partial charge in [-0.25, -0.2) is 19.2 Å². The molecular weight excluding hydrogens is 839 g/mol. The van der Waals surface area contributed by atoms with E-state index in [1.807, 2.05) is 79.7 Å². The van der Waals surface area contributed by atoms with Crippen LogP contribution < -0.4 is 17.1 Å². The maximum Gasteiger partial charge on any atom is 0.340 e. The van der Waals surface area contributed by atoms with Crippen molar-refractivity contribution in [3.05, 3.63) is 119 Å². The highest BCUT2D eigenvalue weighted by atomic mass is 16.5. The van der Waals surface area contributed by atoms with Crippen molar-refractivity contribution in [3.8, 4) is 33.4 Å². The largest absolute Gasteiger partial charge is 0.465 e. The summed E-state index contributed by atoms with van der Waals surface area (Å²) in [6.45, 7) is 16.8. The highest BCUT2D eigenvalue weighted by Crippen LogP contribution is 2.38. The Hall–Kier alpha value is -7.51. The molecule has 19 nitrogen and oxygen atoms in total.